The monoisotopic (exact) mass is 259 g/mol. The second-order valence-corrected chi connectivity index (χ2v) is 5.82. The van der Waals surface area contributed by atoms with Gasteiger partial charge in [-0.05, 0) is 26.0 Å². The molecule has 0 aromatic heterocycles. The van der Waals surface area contributed by atoms with Crippen LogP contribution in [-0.2, 0) is 9.59 Å². The fraction of sp³-hybridized carbons (Fsp3) is 0.833. The molecule has 0 aliphatic heterocycles. The van der Waals surface area contributed by atoms with Crippen LogP contribution >= 0.6 is 11.8 Å². The van der Waals surface area contributed by atoms with Crippen LogP contribution < -0.4 is 5.32 Å². The van der Waals surface area contributed by atoms with Crippen molar-refractivity contribution in [1.29, 1.82) is 0 Å². The van der Waals surface area contributed by atoms with Crippen molar-refractivity contribution in [2.24, 2.45) is 5.41 Å². The van der Waals surface area contributed by atoms with Crippen LogP contribution in [0.4, 0.5) is 0 Å². The standard InChI is InChI=1S/C12H21NO3S/c1-12(11(15)16)7-4-3-5-9(12)13-10(14)6-8-17-2/h9H,3-8H2,1-2H3,(H,13,14)(H,15,16). The van der Waals surface area contributed by atoms with E-state index in [1.165, 1.54) is 0 Å². The zero-order chi connectivity index (χ0) is 12.9. The van der Waals surface area contributed by atoms with Crippen molar-refractivity contribution in [3.8, 4) is 0 Å². The second kappa shape index (κ2) is 6.28. The van der Waals surface area contributed by atoms with Gasteiger partial charge in [0.15, 0.2) is 0 Å². The lowest BCUT2D eigenvalue weighted by atomic mass is 9.71. The molecule has 1 saturated carbocycles. The second-order valence-electron chi connectivity index (χ2n) is 4.83. The van der Waals surface area contributed by atoms with E-state index < -0.39 is 11.4 Å². The molecule has 0 heterocycles. The van der Waals surface area contributed by atoms with Crippen molar-refractivity contribution in [2.75, 3.05) is 12.0 Å². The molecule has 0 aromatic carbocycles. The van der Waals surface area contributed by atoms with E-state index in [0.717, 1.165) is 25.0 Å². The normalized spacial score (nSPS) is 28.7. The predicted octanol–water partition coefficient (Wildman–Crippen LogP) is 1.89. The summed E-state index contributed by atoms with van der Waals surface area (Å²) in [5.74, 6) is -0.0476. The van der Waals surface area contributed by atoms with E-state index in [1.54, 1.807) is 18.7 Å². The maximum Gasteiger partial charge on any atom is 0.311 e. The number of hydrogen-bond donors (Lipinski definition) is 2. The van der Waals surface area contributed by atoms with Gasteiger partial charge in [0, 0.05) is 18.2 Å². The minimum Gasteiger partial charge on any atom is -0.481 e. The van der Waals surface area contributed by atoms with Gasteiger partial charge in [-0.1, -0.05) is 12.8 Å². The van der Waals surface area contributed by atoms with Gasteiger partial charge in [0.1, 0.15) is 0 Å². The molecule has 4 nitrogen and oxygen atoms in total. The Hall–Kier alpha value is -0.710. The molecule has 1 amide bonds. The average Bonchev–Trinajstić information content (AvgIpc) is 2.29. The molecule has 0 spiro atoms. The van der Waals surface area contributed by atoms with Crippen LogP contribution in [-0.4, -0.2) is 35.0 Å². The Morgan fingerprint density at radius 1 is 1.47 bits per heavy atom. The number of hydrogen-bond acceptors (Lipinski definition) is 3. The van der Waals surface area contributed by atoms with Crippen LogP contribution in [0.15, 0.2) is 0 Å². The van der Waals surface area contributed by atoms with Crippen LogP contribution in [0, 0.1) is 5.41 Å². The Bertz CT molecular complexity index is 295. The summed E-state index contributed by atoms with van der Waals surface area (Å²) in [4.78, 5) is 23.0. The van der Waals surface area contributed by atoms with Gasteiger partial charge in [0.05, 0.1) is 5.41 Å². The van der Waals surface area contributed by atoms with Gasteiger partial charge in [0.25, 0.3) is 0 Å². The zero-order valence-electron chi connectivity index (χ0n) is 10.5. The number of nitrogens with one attached hydrogen (secondary N) is 1. The number of carboxylic acids is 1. The van der Waals surface area contributed by atoms with Crippen molar-refractivity contribution in [1.82, 2.24) is 5.32 Å². The van der Waals surface area contributed by atoms with Crippen LogP contribution in [0.5, 0.6) is 0 Å². The number of aliphatic carboxylic acids is 1. The maximum atomic E-state index is 11.7. The molecule has 2 unspecified atom stereocenters. The number of carbonyl (C=O) groups excluding carboxylic acids is 1. The highest BCUT2D eigenvalue weighted by Crippen LogP contribution is 2.36. The average molecular weight is 259 g/mol. The van der Waals surface area contributed by atoms with Gasteiger partial charge in [-0.3, -0.25) is 9.59 Å². The molecule has 5 heteroatoms. The fourth-order valence-electron chi connectivity index (χ4n) is 2.28. The number of amides is 1. The van der Waals surface area contributed by atoms with E-state index in [0.29, 0.717) is 12.8 Å². The zero-order valence-corrected chi connectivity index (χ0v) is 11.3. The lowest BCUT2D eigenvalue weighted by Crippen LogP contribution is -2.52. The highest BCUT2D eigenvalue weighted by Gasteiger charge is 2.43. The Labute approximate surface area is 107 Å². The summed E-state index contributed by atoms with van der Waals surface area (Å²) in [6, 6.07) is -0.219. The number of carboxylic acid groups (broad SMARTS) is 1. The smallest absolute Gasteiger partial charge is 0.311 e. The molecule has 0 radical (unpaired) electrons. The molecule has 1 rings (SSSR count). The molecule has 2 atom stereocenters. The van der Waals surface area contributed by atoms with Gasteiger partial charge in [-0.15, -0.1) is 0 Å². The number of carbonyl (C=O) groups is 2. The van der Waals surface area contributed by atoms with Crippen molar-refractivity contribution >= 4 is 23.6 Å². The Kier molecular flexibility index (Phi) is 5.31. The molecular formula is C12H21NO3S. The lowest BCUT2D eigenvalue weighted by molar-refractivity contribution is -0.152. The molecule has 1 aliphatic rings. The quantitative estimate of drug-likeness (QED) is 0.791. The van der Waals surface area contributed by atoms with Crippen LogP contribution in [0.1, 0.15) is 39.0 Å². The molecule has 2 N–H and O–H groups in total. The van der Waals surface area contributed by atoms with Crippen molar-refractivity contribution < 1.29 is 14.7 Å². The first kappa shape index (κ1) is 14.4. The van der Waals surface area contributed by atoms with Crippen molar-refractivity contribution in [3.05, 3.63) is 0 Å². The van der Waals surface area contributed by atoms with Gasteiger partial charge >= 0.3 is 5.97 Å². The van der Waals surface area contributed by atoms with Gasteiger partial charge in [-0.2, -0.15) is 11.8 Å². The third-order valence-electron chi connectivity index (χ3n) is 3.57. The van der Waals surface area contributed by atoms with E-state index in [2.05, 4.69) is 5.32 Å². The van der Waals surface area contributed by atoms with Crippen LogP contribution in [0.2, 0.25) is 0 Å². The molecule has 1 fully saturated rings. The molecule has 1 aliphatic carbocycles. The Balaban J connectivity index is 2.60. The van der Waals surface area contributed by atoms with Crippen molar-refractivity contribution in [3.63, 3.8) is 0 Å². The molecule has 0 bridgehead atoms. The highest BCUT2D eigenvalue weighted by molar-refractivity contribution is 7.98. The largest absolute Gasteiger partial charge is 0.481 e. The maximum absolute atomic E-state index is 11.7. The SMILES string of the molecule is CSCCC(=O)NC1CCCCC1(C)C(=O)O. The molecule has 0 saturated heterocycles. The summed E-state index contributed by atoms with van der Waals surface area (Å²) in [6.07, 6.45) is 5.77. The molecule has 0 aromatic rings. The summed E-state index contributed by atoms with van der Waals surface area (Å²) >= 11 is 1.62. The first-order chi connectivity index (χ1) is 8.00. The van der Waals surface area contributed by atoms with E-state index in [1.807, 2.05) is 6.26 Å². The lowest BCUT2D eigenvalue weighted by Gasteiger charge is -2.38. The molecular weight excluding hydrogens is 238 g/mol. The summed E-state index contributed by atoms with van der Waals surface area (Å²) in [7, 11) is 0. The Morgan fingerprint density at radius 3 is 2.76 bits per heavy atom. The number of rotatable bonds is 5. The first-order valence-corrected chi connectivity index (χ1v) is 7.42. The van der Waals surface area contributed by atoms with E-state index in [-0.39, 0.29) is 11.9 Å². The fourth-order valence-corrected chi connectivity index (χ4v) is 2.67. The third kappa shape index (κ3) is 3.63. The minimum atomic E-state index is -0.799. The number of thioether (sulfide) groups is 1. The molecule has 17 heavy (non-hydrogen) atoms. The highest BCUT2D eigenvalue weighted by atomic mass is 32.2. The van der Waals surface area contributed by atoms with Crippen LogP contribution in [0.3, 0.4) is 0 Å². The topological polar surface area (TPSA) is 66.4 Å². The summed E-state index contributed by atoms with van der Waals surface area (Å²) < 4.78 is 0. The Morgan fingerprint density at radius 2 is 2.18 bits per heavy atom. The van der Waals surface area contributed by atoms with Crippen molar-refractivity contribution in [2.45, 2.75) is 45.1 Å². The van der Waals surface area contributed by atoms with Gasteiger partial charge in [0.2, 0.25) is 5.91 Å². The van der Waals surface area contributed by atoms with E-state index in [4.69, 9.17) is 0 Å². The van der Waals surface area contributed by atoms with Crippen LogP contribution in [0.25, 0.3) is 0 Å². The molecule has 98 valence electrons. The summed E-state index contributed by atoms with van der Waals surface area (Å²) in [6.45, 7) is 1.74. The van der Waals surface area contributed by atoms with E-state index >= 15 is 0 Å². The van der Waals surface area contributed by atoms with E-state index in [9.17, 15) is 14.7 Å². The van der Waals surface area contributed by atoms with Gasteiger partial charge < -0.3 is 10.4 Å². The summed E-state index contributed by atoms with van der Waals surface area (Å²) in [5, 5.41) is 12.2. The minimum absolute atomic E-state index is 0.0290. The predicted molar refractivity (Wildman–Crippen MR) is 69.1 cm³/mol. The summed E-state index contributed by atoms with van der Waals surface area (Å²) in [5.41, 5.74) is -0.798. The third-order valence-corrected chi connectivity index (χ3v) is 4.18. The van der Waals surface area contributed by atoms with Gasteiger partial charge in [-0.25, -0.2) is 0 Å². The first-order valence-electron chi connectivity index (χ1n) is 6.02.